The highest BCUT2D eigenvalue weighted by Crippen LogP contribution is 2.19. The van der Waals surface area contributed by atoms with Gasteiger partial charge in [-0.1, -0.05) is 13.8 Å². The van der Waals surface area contributed by atoms with Gasteiger partial charge in [0.05, 0.1) is 10.8 Å². The van der Waals surface area contributed by atoms with Crippen LogP contribution < -0.4 is 11.1 Å². The summed E-state index contributed by atoms with van der Waals surface area (Å²) in [6, 6.07) is 5.38. The molecule has 0 bridgehead atoms. The molecule has 0 saturated heterocycles. The van der Waals surface area contributed by atoms with E-state index in [9.17, 15) is 9.00 Å². The first-order valence-corrected chi connectivity index (χ1v) is 8.19. The highest BCUT2D eigenvalue weighted by Gasteiger charge is 2.23. The Balaban J connectivity index is 2.83. The predicted molar refractivity (Wildman–Crippen MR) is 84.0 cm³/mol. The Bertz CT molecular complexity index is 499. The number of hydrogen-bond donors (Lipinski definition) is 2. The molecular weight excluding hydrogens is 272 g/mol. The van der Waals surface area contributed by atoms with Gasteiger partial charge >= 0.3 is 0 Å². The van der Waals surface area contributed by atoms with Crippen LogP contribution in [0.2, 0.25) is 0 Å². The first-order chi connectivity index (χ1) is 9.40. The standard InChI is InChI=1S/C15H24N2O2S/c1-5-13(6-2)17-15(18)11(4)20(19)14-8-7-12(16)9-10(14)3/h7-9,11,13H,5-6,16H2,1-4H3,(H,17,18). The lowest BCUT2D eigenvalue weighted by atomic mass is 10.2. The van der Waals surface area contributed by atoms with E-state index in [1.807, 2.05) is 20.8 Å². The highest BCUT2D eigenvalue weighted by molar-refractivity contribution is 7.86. The summed E-state index contributed by atoms with van der Waals surface area (Å²) in [6.07, 6.45) is 1.75. The molecule has 2 unspecified atom stereocenters. The molecule has 1 aromatic carbocycles. The lowest BCUT2D eigenvalue weighted by Crippen LogP contribution is -2.41. The molecule has 2 atom stereocenters. The molecule has 0 radical (unpaired) electrons. The van der Waals surface area contributed by atoms with Crippen LogP contribution in [0.1, 0.15) is 39.2 Å². The number of carbonyl (C=O) groups is 1. The Hall–Kier alpha value is -1.36. The molecule has 0 fully saturated rings. The molecule has 0 heterocycles. The van der Waals surface area contributed by atoms with Crippen molar-refractivity contribution in [2.45, 2.75) is 56.7 Å². The summed E-state index contributed by atoms with van der Waals surface area (Å²) in [6.45, 7) is 7.61. The van der Waals surface area contributed by atoms with Gasteiger partial charge in [0, 0.05) is 16.6 Å². The lowest BCUT2D eigenvalue weighted by Gasteiger charge is -2.19. The first-order valence-electron chi connectivity index (χ1n) is 6.97. The van der Waals surface area contributed by atoms with Crippen LogP contribution in [-0.4, -0.2) is 21.4 Å². The maximum absolute atomic E-state index is 12.5. The van der Waals surface area contributed by atoms with Crippen molar-refractivity contribution in [1.29, 1.82) is 0 Å². The normalized spacial score (nSPS) is 14.1. The Kier molecular flexibility index (Phi) is 6.20. The quantitative estimate of drug-likeness (QED) is 0.792. The van der Waals surface area contributed by atoms with Gasteiger partial charge in [0.25, 0.3) is 0 Å². The summed E-state index contributed by atoms with van der Waals surface area (Å²) in [7, 11) is -1.37. The number of aryl methyl sites for hydroxylation is 1. The van der Waals surface area contributed by atoms with E-state index in [0.717, 1.165) is 18.4 Å². The number of anilines is 1. The fourth-order valence-corrected chi connectivity index (χ4v) is 3.22. The number of nitrogen functional groups attached to an aromatic ring is 1. The monoisotopic (exact) mass is 296 g/mol. The van der Waals surface area contributed by atoms with Crippen molar-refractivity contribution in [2.75, 3.05) is 5.73 Å². The largest absolute Gasteiger partial charge is 0.399 e. The molecular formula is C15H24N2O2S. The summed E-state index contributed by atoms with van der Waals surface area (Å²) in [4.78, 5) is 12.8. The molecule has 0 aliphatic rings. The van der Waals surface area contributed by atoms with Crippen LogP contribution in [0.4, 0.5) is 5.69 Å². The van der Waals surface area contributed by atoms with E-state index in [-0.39, 0.29) is 11.9 Å². The number of amides is 1. The Morgan fingerprint density at radius 3 is 2.45 bits per heavy atom. The number of nitrogens with one attached hydrogen (secondary N) is 1. The van der Waals surface area contributed by atoms with E-state index in [1.165, 1.54) is 0 Å². The number of hydrogen-bond acceptors (Lipinski definition) is 3. The number of carbonyl (C=O) groups excluding carboxylic acids is 1. The maximum atomic E-state index is 12.5. The zero-order chi connectivity index (χ0) is 15.3. The van der Waals surface area contributed by atoms with Gasteiger partial charge in [-0.2, -0.15) is 0 Å². The number of rotatable bonds is 6. The molecule has 0 aromatic heterocycles. The van der Waals surface area contributed by atoms with Gasteiger partial charge < -0.3 is 11.1 Å². The van der Waals surface area contributed by atoms with Crippen molar-refractivity contribution in [3.8, 4) is 0 Å². The Labute approximate surface area is 123 Å². The summed E-state index contributed by atoms with van der Waals surface area (Å²) in [5, 5.41) is 2.37. The van der Waals surface area contributed by atoms with Gasteiger partial charge in [-0.3, -0.25) is 9.00 Å². The molecule has 0 saturated carbocycles. The second kappa shape index (κ2) is 7.43. The molecule has 0 spiro atoms. The van der Waals surface area contributed by atoms with Gasteiger partial charge in [-0.05, 0) is 50.5 Å². The van der Waals surface area contributed by atoms with Crippen LogP contribution in [0.15, 0.2) is 23.1 Å². The molecule has 1 aromatic rings. The van der Waals surface area contributed by atoms with Crippen molar-refractivity contribution < 1.29 is 9.00 Å². The fourth-order valence-electron chi connectivity index (χ4n) is 2.00. The van der Waals surface area contributed by atoms with E-state index in [1.54, 1.807) is 25.1 Å². The van der Waals surface area contributed by atoms with Crippen LogP contribution >= 0.6 is 0 Å². The van der Waals surface area contributed by atoms with Crippen molar-refractivity contribution in [2.24, 2.45) is 0 Å². The fraction of sp³-hybridized carbons (Fsp3) is 0.533. The lowest BCUT2D eigenvalue weighted by molar-refractivity contribution is -0.121. The van der Waals surface area contributed by atoms with Crippen molar-refractivity contribution in [3.63, 3.8) is 0 Å². The van der Waals surface area contributed by atoms with Crippen LogP contribution in [0.3, 0.4) is 0 Å². The van der Waals surface area contributed by atoms with Gasteiger partial charge in [-0.15, -0.1) is 0 Å². The molecule has 4 nitrogen and oxygen atoms in total. The van der Waals surface area contributed by atoms with Gasteiger partial charge in [0.15, 0.2) is 0 Å². The molecule has 3 N–H and O–H groups in total. The van der Waals surface area contributed by atoms with Crippen LogP contribution in [0.5, 0.6) is 0 Å². The summed E-state index contributed by atoms with van der Waals surface area (Å²) in [5.74, 6) is -0.159. The van der Waals surface area contributed by atoms with E-state index in [2.05, 4.69) is 5.32 Å². The van der Waals surface area contributed by atoms with E-state index >= 15 is 0 Å². The molecule has 1 amide bonds. The minimum atomic E-state index is -1.37. The molecule has 20 heavy (non-hydrogen) atoms. The third-order valence-electron chi connectivity index (χ3n) is 3.44. The average molecular weight is 296 g/mol. The SMILES string of the molecule is CCC(CC)NC(=O)C(C)S(=O)c1ccc(N)cc1C. The third-order valence-corrected chi connectivity index (χ3v) is 5.19. The van der Waals surface area contributed by atoms with Crippen molar-refractivity contribution >= 4 is 22.4 Å². The van der Waals surface area contributed by atoms with Crippen LogP contribution in [0.25, 0.3) is 0 Å². The predicted octanol–water partition coefficient (Wildman–Crippen LogP) is 2.38. The molecule has 1 rings (SSSR count). The first kappa shape index (κ1) is 16.7. The molecule has 5 heteroatoms. The van der Waals surface area contributed by atoms with Gasteiger partial charge in [0.2, 0.25) is 5.91 Å². The van der Waals surface area contributed by atoms with Gasteiger partial charge in [-0.25, -0.2) is 0 Å². The summed E-state index contributed by atoms with van der Waals surface area (Å²) < 4.78 is 12.5. The minimum absolute atomic E-state index is 0.148. The van der Waals surface area contributed by atoms with E-state index in [4.69, 9.17) is 5.73 Å². The van der Waals surface area contributed by atoms with E-state index < -0.39 is 16.0 Å². The topological polar surface area (TPSA) is 72.2 Å². The second-order valence-electron chi connectivity index (χ2n) is 4.99. The molecule has 0 aliphatic carbocycles. The smallest absolute Gasteiger partial charge is 0.236 e. The minimum Gasteiger partial charge on any atom is -0.399 e. The number of nitrogens with two attached hydrogens (primary N) is 1. The molecule has 112 valence electrons. The van der Waals surface area contributed by atoms with E-state index in [0.29, 0.717) is 10.6 Å². The Morgan fingerprint density at radius 1 is 1.35 bits per heavy atom. The Morgan fingerprint density at radius 2 is 1.95 bits per heavy atom. The van der Waals surface area contributed by atoms with Crippen molar-refractivity contribution in [3.05, 3.63) is 23.8 Å². The summed E-state index contributed by atoms with van der Waals surface area (Å²) in [5.41, 5.74) is 7.18. The zero-order valence-corrected chi connectivity index (χ0v) is 13.4. The van der Waals surface area contributed by atoms with Crippen molar-refractivity contribution in [1.82, 2.24) is 5.32 Å². The zero-order valence-electron chi connectivity index (χ0n) is 12.6. The highest BCUT2D eigenvalue weighted by atomic mass is 32.2. The molecule has 0 aliphatic heterocycles. The maximum Gasteiger partial charge on any atom is 0.236 e. The second-order valence-corrected chi connectivity index (χ2v) is 6.73. The van der Waals surface area contributed by atoms with Crippen LogP contribution in [0, 0.1) is 6.92 Å². The van der Waals surface area contributed by atoms with Crippen LogP contribution in [-0.2, 0) is 15.6 Å². The third kappa shape index (κ3) is 4.07. The van der Waals surface area contributed by atoms with Gasteiger partial charge in [0.1, 0.15) is 5.25 Å². The summed E-state index contributed by atoms with van der Waals surface area (Å²) >= 11 is 0. The number of benzene rings is 1. The average Bonchev–Trinajstić information content (AvgIpc) is 2.42.